The van der Waals surface area contributed by atoms with Crippen LogP contribution in [0.1, 0.15) is 27.7 Å². The number of rotatable bonds is 14. The number of hydrogen-bond donors (Lipinski definition) is 2. The number of methoxy groups -OCH3 is 1. The Balaban J connectivity index is 1.37. The van der Waals surface area contributed by atoms with Crippen LogP contribution in [0.3, 0.4) is 0 Å². The summed E-state index contributed by atoms with van der Waals surface area (Å²) in [5, 5.41) is 16.3. The van der Waals surface area contributed by atoms with Crippen molar-refractivity contribution in [1.29, 1.82) is 0 Å². The molecule has 5 rings (SSSR count). The molecular weight excluding hydrogens is 643 g/mol. The third kappa shape index (κ3) is 8.24. The zero-order valence-corrected chi connectivity index (χ0v) is 27.4. The van der Waals surface area contributed by atoms with E-state index in [4.69, 9.17) is 9.47 Å². The fraction of sp³-hybridized carbons (Fsp3) is 0.265. The van der Waals surface area contributed by atoms with E-state index in [2.05, 4.69) is 5.32 Å². The smallest absolute Gasteiger partial charge is 0.415 e. The van der Waals surface area contributed by atoms with E-state index in [9.17, 15) is 27.9 Å². The number of aliphatic hydroxyl groups is 1. The van der Waals surface area contributed by atoms with E-state index in [1.165, 1.54) is 46.7 Å². The van der Waals surface area contributed by atoms with Gasteiger partial charge in [-0.3, -0.25) is 14.5 Å². The summed E-state index contributed by atoms with van der Waals surface area (Å²) in [6.45, 7) is 1.01. The number of aliphatic hydroxyl groups excluding tert-OH is 1. The van der Waals surface area contributed by atoms with Gasteiger partial charge in [0.25, 0.3) is 5.91 Å². The molecule has 2 heterocycles. The number of nitrogens with zero attached hydrogens (tertiary/aromatic N) is 2. The van der Waals surface area contributed by atoms with Crippen LogP contribution in [0, 0.1) is 0 Å². The predicted octanol–water partition coefficient (Wildman–Crippen LogP) is 4.26. The van der Waals surface area contributed by atoms with Crippen LogP contribution in [-0.2, 0) is 32.5 Å². The second-order valence-electron chi connectivity index (χ2n) is 11.0. The number of benzene rings is 3. The van der Waals surface area contributed by atoms with Crippen LogP contribution in [-0.4, -0.2) is 74.1 Å². The highest BCUT2D eigenvalue weighted by Gasteiger charge is 2.39. The molecule has 0 bridgehead atoms. The molecule has 1 aliphatic rings. The van der Waals surface area contributed by atoms with E-state index in [-0.39, 0.29) is 36.7 Å². The van der Waals surface area contributed by atoms with Gasteiger partial charge < -0.3 is 19.9 Å². The number of amides is 2. The number of ketones is 1. The maximum absolute atomic E-state index is 13.9. The molecule has 0 aliphatic carbocycles. The molecule has 2 N–H and O–H groups in total. The van der Waals surface area contributed by atoms with Crippen molar-refractivity contribution in [2.45, 2.75) is 43.0 Å². The maximum atomic E-state index is 13.9. The normalized spacial score (nSPS) is 16.0. The Bertz CT molecular complexity index is 1800. The van der Waals surface area contributed by atoms with Gasteiger partial charge in [0.2, 0.25) is 10.0 Å². The fourth-order valence-electron chi connectivity index (χ4n) is 5.18. The quantitative estimate of drug-likeness (QED) is 0.189. The van der Waals surface area contributed by atoms with Crippen LogP contribution < -0.4 is 15.0 Å². The Morgan fingerprint density at radius 1 is 1.06 bits per heavy atom. The van der Waals surface area contributed by atoms with Crippen LogP contribution in [0.5, 0.6) is 5.75 Å². The van der Waals surface area contributed by atoms with E-state index in [1.54, 1.807) is 36.4 Å². The van der Waals surface area contributed by atoms with Crippen molar-refractivity contribution in [3.8, 4) is 5.75 Å². The molecule has 1 aliphatic heterocycles. The van der Waals surface area contributed by atoms with Gasteiger partial charge in [0, 0.05) is 35.3 Å². The SMILES string of the molecule is COc1cccc(S(=O)(=O)N(Cc2cccs2)C[C@@H](O)[C@H](Cc2ccccc2)NC(=O)[C@@H]2CN(c3ccc(C(C)=O)cc3)C(=O)O2)c1. The Morgan fingerprint density at radius 3 is 2.47 bits per heavy atom. The van der Waals surface area contributed by atoms with Gasteiger partial charge in [-0.25, -0.2) is 13.2 Å². The van der Waals surface area contributed by atoms with Gasteiger partial charge in [-0.05, 0) is 66.8 Å². The molecule has 47 heavy (non-hydrogen) atoms. The molecule has 246 valence electrons. The molecule has 0 unspecified atom stereocenters. The number of Topliss-reactive ketones (excluding diaryl/α,β-unsaturated/α-hetero) is 1. The monoisotopic (exact) mass is 677 g/mol. The zero-order valence-electron chi connectivity index (χ0n) is 25.8. The summed E-state index contributed by atoms with van der Waals surface area (Å²) in [6, 6.07) is 24.3. The summed E-state index contributed by atoms with van der Waals surface area (Å²) in [4.78, 5) is 40.0. The molecule has 4 aromatic rings. The highest BCUT2D eigenvalue weighted by atomic mass is 32.2. The lowest BCUT2D eigenvalue weighted by Crippen LogP contribution is -2.53. The van der Waals surface area contributed by atoms with Crippen LogP contribution in [0.15, 0.2) is 101 Å². The van der Waals surface area contributed by atoms with Crippen molar-refractivity contribution in [2.24, 2.45) is 0 Å². The number of thiophene rings is 1. The lowest BCUT2D eigenvalue weighted by molar-refractivity contribution is -0.129. The lowest BCUT2D eigenvalue weighted by Gasteiger charge is -2.30. The first-order valence-corrected chi connectivity index (χ1v) is 17.1. The summed E-state index contributed by atoms with van der Waals surface area (Å²) in [5.74, 6) is -0.389. The second kappa shape index (κ2) is 14.9. The molecule has 3 atom stereocenters. The van der Waals surface area contributed by atoms with Crippen molar-refractivity contribution in [1.82, 2.24) is 9.62 Å². The van der Waals surface area contributed by atoms with Crippen molar-refractivity contribution >= 4 is 44.8 Å². The third-order valence-electron chi connectivity index (χ3n) is 7.76. The van der Waals surface area contributed by atoms with E-state index >= 15 is 0 Å². The number of ether oxygens (including phenoxy) is 2. The van der Waals surface area contributed by atoms with Crippen molar-refractivity contribution < 1.29 is 37.4 Å². The van der Waals surface area contributed by atoms with Gasteiger partial charge in [0.05, 0.1) is 30.7 Å². The zero-order chi connectivity index (χ0) is 33.6. The van der Waals surface area contributed by atoms with Crippen LogP contribution >= 0.6 is 11.3 Å². The standard InChI is InChI=1S/C34H35N3O8S2/c1-23(38)25-13-15-26(16-14-25)37-22-32(45-34(37)41)33(40)35-30(18-24-8-4-3-5-9-24)31(39)21-36(20-28-11-7-17-46-28)47(42,43)29-12-6-10-27(19-29)44-2/h3-17,19,30-32,39H,18,20-22H2,1-2H3,(H,35,40)/t30-,31+,32-/m0/s1. The fourth-order valence-corrected chi connectivity index (χ4v) is 7.46. The van der Waals surface area contributed by atoms with Crippen molar-refractivity contribution in [3.63, 3.8) is 0 Å². The molecule has 3 aromatic carbocycles. The number of sulfonamides is 1. The van der Waals surface area contributed by atoms with Crippen molar-refractivity contribution in [2.75, 3.05) is 25.1 Å². The van der Waals surface area contributed by atoms with E-state index < -0.39 is 40.3 Å². The molecule has 1 aromatic heterocycles. The van der Waals surface area contributed by atoms with Gasteiger partial charge >= 0.3 is 6.09 Å². The Labute approximate surface area is 277 Å². The van der Waals surface area contributed by atoms with Gasteiger partial charge in [-0.2, -0.15) is 4.31 Å². The van der Waals surface area contributed by atoms with Crippen LogP contribution in [0.2, 0.25) is 0 Å². The largest absolute Gasteiger partial charge is 0.497 e. The summed E-state index contributed by atoms with van der Waals surface area (Å²) in [6.07, 6.45) is -3.10. The highest BCUT2D eigenvalue weighted by Crippen LogP contribution is 2.26. The van der Waals surface area contributed by atoms with Gasteiger partial charge in [0.1, 0.15) is 5.75 Å². The average molecular weight is 678 g/mol. The first-order valence-electron chi connectivity index (χ1n) is 14.8. The summed E-state index contributed by atoms with van der Waals surface area (Å²) in [5.41, 5.74) is 1.74. The molecule has 0 radical (unpaired) electrons. The maximum Gasteiger partial charge on any atom is 0.415 e. The topological polar surface area (TPSA) is 143 Å². The number of nitrogens with one attached hydrogen (secondary N) is 1. The Morgan fingerprint density at radius 2 is 1.81 bits per heavy atom. The summed E-state index contributed by atoms with van der Waals surface area (Å²) >= 11 is 1.38. The number of carbonyl (C=O) groups excluding carboxylic acids is 3. The molecule has 0 spiro atoms. The molecular formula is C34H35N3O8S2. The summed E-state index contributed by atoms with van der Waals surface area (Å²) in [7, 11) is -2.67. The van der Waals surface area contributed by atoms with E-state index in [1.807, 2.05) is 47.8 Å². The van der Waals surface area contributed by atoms with Gasteiger partial charge in [-0.15, -0.1) is 11.3 Å². The average Bonchev–Trinajstić information content (AvgIpc) is 3.74. The minimum Gasteiger partial charge on any atom is -0.497 e. The minimum atomic E-state index is -4.12. The molecule has 1 saturated heterocycles. The molecule has 11 nitrogen and oxygen atoms in total. The molecule has 0 saturated carbocycles. The Hall–Kier alpha value is -4.56. The molecule has 1 fully saturated rings. The second-order valence-corrected chi connectivity index (χ2v) is 14.0. The minimum absolute atomic E-state index is 0.00135. The van der Waals surface area contributed by atoms with Gasteiger partial charge in [-0.1, -0.05) is 42.5 Å². The van der Waals surface area contributed by atoms with Crippen LogP contribution in [0.25, 0.3) is 0 Å². The number of carbonyl (C=O) groups is 3. The first kappa shape index (κ1) is 33.8. The molecule has 2 amide bonds. The first-order chi connectivity index (χ1) is 22.5. The number of anilines is 1. The van der Waals surface area contributed by atoms with E-state index in [0.717, 1.165) is 10.4 Å². The van der Waals surface area contributed by atoms with Gasteiger partial charge in [0.15, 0.2) is 11.9 Å². The number of cyclic esters (lactones) is 1. The predicted molar refractivity (Wildman–Crippen MR) is 177 cm³/mol. The highest BCUT2D eigenvalue weighted by molar-refractivity contribution is 7.89. The van der Waals surface area contributed by atoms with Crippen LogP contribution in [0.4, 0.5) is 10.5 Å². The van der Waals surface area contributed by atoms with Crippen molar-refractivity contribution in [3.05, 3.63) is 112 Å². The third-order valence-corrected chi connectivity index (χ3v) is 10.4. The summed E-state index contributed by atoms with van der Waals surface area (Å²) < 4.78 is 39.7. The van der Waals surface area contributed by atoms with E-state index in [0.29, 0.717) is 17.0 Å². The Kier molecular flexibility index (Phi) is 10.7. The lowest BCUT2D eigenvalue weighted by atomic mass is 10.0. The number of hydrogen-bond acceptors (Lipinski definition) is 9. The molecule has 13 heteroatoms.